The van der Waals surface area contributed by atoms with E-state index in [-0.39, 0.29) is 41.0 Å². The van der Waals surface area contributed by atoms with Crippen molar-refractivity contribution in [1.82, 2.24) is 0 Å². The van der Waals surface area contributed by atoms with Crippen LogP contribution in [-0.2, 0) is 20.7 Å². The van der Waals surface area contributed by atoms with Gasteiger partial charge in [0.25, 0.3) is 0 Å². The summed E-state index contributed by atoms with van der Waals surface area (Å²) in [5.41, 5.74) is 1.97. The van der Waals surface area contributed by atoms with Gasteiger partial charge in [-0.2, -0.15) is 0 Å². The fraction of sp³-hybridized carbons (Fsp3) is 0.286. The maximum absolute atomic E-state index is 12.7. The van der Waals surface area contributed by atoms with Crippen molar-refractivity contribution in [1.29, 1.82) is 0 Å². The number of nitrogens with one attached hydrogen (secondary N) is 1. The zero-order valence-corrected chi connectivity index (χ0v) is 19.1. The van der Waals surface area contributed by atoms with Crippen LogP contribution in [0.5, 0.6) is 0 Å². The standard InChI is InChI=1S/C21H20BrNO6S/c1-4-27-20(25)17-11(3)18(21(26)28-5-2)30-19(17)23-16(24)8-12-10-29-15-7-6-13(22)9-14(12)15/h6-7,9-10H,4-5,8H2,1-3H3,(H,23,24). The molecule has 9 heteroatoms. The van der Waals surface area contributed by atoms with E-state index in [9.17, 15) is 14.4 Å². The molecule has 0 aliphatic carbocycles. The van der Waals surface area contributed by atoms with Crippen LogP contribution in [0.3, 0.4) is 0 Å². The summed E-state index contributed by atoms with van der Waals surface area (Å²) in [6.45, 7) is 5.39. The monoisotopic (exact) mass is 493 g/mol. The van der Waals surface area contributed by atoms with Crippen LogP contribution in [0.1, 0.15) is 45.0 Å². The quantitative estimate of drug-likeness (QED) is 0.460. The van der Waals surface area contributed by atoms with Crippen molar-refractivity contribution in [2.24, 2.45) is 0 Å². The maximum atomic E-state index is 12.7. The molecular formula is C21H20BrNO6S. The van der Waals surface area contributed by atoms with Gasteiger partial charge in [-0.15, -0.1) is 11.3 Å². The number of carbonyl (C=O) groups excluding carboxylic acids is 3. The van der Waals surface area contributed by atoms with Gasteiger partial charge in [0, 0.05) is 15.4 Å². The summed E-state index contributed by atoms with van der Waals surface area (Å²) in [6, 6.07) is 5.54. The second kappa shape index (κ2) is 9.44. The lowest BCUT2D eigenvalue weighted by molar-refractivity contribution is -0.115. The number of anilines is 1. The van der Waals surface area contributed by atoms with Crippen molar-refractivity contribution in [3.63, 3.8) is 0 Å². The molecule has 0 aliphatic rings. The van der Waals surface area contributed by atoms with E-state index < -0.39 is 11.9 Å². The zero-order valence-electron chi connectivity index (χ0n) is 16.7. The van der Waals surface area contributed by atoms with E-state index in [0.29, 0.717) is 16.7 Å². The average molecular weight is 494 g/mol. The van der Waals surface area contributed by atoms with Crippen LogP contribution >= 0.6 is 27.3 Å². The lowest BCUT2D eigenvalue weighted by Crippen LogP contribution is -2.16. The minimum Gasteiger partial charge on any atom is -0.464 e. The molecule has 2 heterocycles. The molecule has 0 radical (unpaired) electrons. The van der Waals surface area contributed by atoms with E-state index in [0.717, 1.165) is 21.2 Å². The molecule has 0 aliphatic heterocycles. The Kier molecular flexibility index (Phi) is 6.94. The Morgan fingerprint density at radius 3 is 2.53 bits per heavy atom. The van der Waals surface area contributed by atoms with E-state index in [1.807, 2.05) is 18.2 Å². The first-order valence-corrected chi connectivity index (χ1v) is 10.9. The predicted octanol–water partition coefficient (Wildman–Crippen LogP) is 5.10. The van der Waals surface area contributed by atoms with Crippen molar-refractivity contribution in [2.75, 3.05) is 18.5 Å². The number of fused-ring (bicyclic) bond motifs is 1. The van der Waals surface area contributed by atoms with Gasteiger partial charge in [0.05, 0.1) is 31.5 Å². The Bertz CT molecular complexity index is 1120. The lowest BCUT2D eigenvalue weighted by atomic mass is 10.1. The van der Waals surface area contributed by atoms with Gasteiger partial charge in [0.1, 0.15) is 15.5 Å². The zero-order chi connectivity index (χ0) is 21.8. The van der Waals surface area contributed by atoms with E-state index in [1.54, 1.807) is 20.8 Å². The number of benzene rings is 1. The summed E-state index contributed by atoms with van der Waals surface area (Å²) in [4.78, 5) is 37.7. The minimum atomic E-state index is -0.602. The summed E-state index contributed by atoms with van der Waals surface area (Å²) >= 11 is 4.41. The number of furan rings is 1. The van der Waals surface area contributed by atoms with Gasteiger partial charge >= 0.3 is 11.9 Å². The number of ether oxygens (including phenoxy) is 2. The fourth-order valence-corrected chi connectivity index (χ4v) is 4.44. The number of rotatable bonds is 7. The Morgan fingerprint density at radius 1 is 1.13 bits per heavy atom. The summed E-state index contributed by atoms with van der Waals surface area (Å²) in [5.74, 6) is -1.49. The number of halogens is 1. The molecule has 3 aromatic rings. The van der Waals surface area contributed by atoms with E-state index in [2.05, 4.69) is 21.2 Å². The average Bonchev–Trinajstić information content (AvgIpc) is 3.22. The highest BCUT2D eigenvalue weighted by molar-refractivity contribution is 9.10. The summed E-state index contributed by atoms with van der Waals surface area (Å²) in [6.07, 6.45) is 1.57. The first kappa shape index (κ1) is 22.0. The van der Waals surface area contributed by atoms with Gasteiger partial charge in [0.2, 0.25) is 5.91 Å². The van der Waals surface area contributed by atoms with Crippen LogP contribution in [-0.4, -0.2) is 31.1 Å². The molecular weight excluding hydrogens is 474 g/mol. The highest BCUT2D eigenvalue weighted by Crippen LogP contribution is 2.34. The summed E-state index contributed by atoms with van der Waals surface area (Å²) in [5, 5.41) is 3.82. The van der Waals surface area contributed by atoms with Crippen LogP contribution < -0.4 is 5.32 Å². The van der Waals surface area contributed by atoms with Gasteiger partial charge in [-0.05, 0) is 44.5 Å². The van der Waals surface area contributed by atoms with Crippen LogP contribution in [0.25, 0.3) is 11.0 Å². The van der Waals surface area contributed by atoms with Gasteiger partial charge in [-0.3, -0.25) is 4.79 Å². The molecule has 1 aromatic carbocycles. The number of hydrogen-bond acceptors (Lipinski definition) is 7. The van der Waals surface area contributed by atoms with Crippen molar-refractivity contribution in [3.05, 3.63) is 50.5 Å². The van der Waals surface area contributed by atoms with E-state index in [4.69, 9.17) is 13.9 Å². The third-order valence-electron chi connectivity index (χ3n) is 4.31. The molecule has 0 saturated heterocycles. The molecule has 3 rings (SSSR count). The largest absolute Gasteiger partial charge is 0.464 e. The normalized spacial score (nSPS) is 10.8. The number of thiophene rings is 1. The highest BCUT2D eigenvalue weighted by atomic mass is 79.9. The third-order valence-corrected chi connectivity index (χ3v) is 5.99. The van der Waals surface area contributed by atoms with Gasteiger partial charge in [-0.1, -0.05) is 15.9 Å². The first-order valence-electron chi connectivity index (χ1n) is 9.28. The van der Waals surface area contributed by atoms with Crippen molar-refractivity contribution >= 4 is 61.1 Å². The van der Waals surface area contributed by atoms with Crippen LogP contribution in [0.4, 0.5) is 5.00 Å². The Balaban J connectivity index is 1.89. The molecule has 1 N–H and O–H groups in total. The topological polar surface area (TPSA) is 94.8 Å². The van der Waals surface area contributed by atoms with Crippen molar-refractivity contribution in [3.8, 4) is 0 Å². The van der Waals surface area contributed by atoms with E-state index >= 15 is 0 Å². The highest BCUT2D eigenvalue weighted by Gasteiger charge is 2.27. The molecule has 0 atom stereocenters. The molecule has 0 saturated carbocycles. The molecule has 0 bridgehead atoms. The van der Waals surface area contributed by atoms with E-state index in [1.165, 1.54) is 6.26 Å². The second-order valence-electron chi connectivity index (χ2n) is 6.33. The summed E-state index contributed by atoms with van der Waals surface area (Å²) < 4.78 is 16.5. The van der Waals surface area contributed by atoms with Crippen LogP contribution in [0.2, 0.25) is 0 Å². The fourth-order valence-electron chi connectivity index (χ4n) is 2.98. The van der Waals surface area contributed by atoms with Crippen molar-refractivity contribution in [2.45, 2.75) is 27.2 Å². The number of hydrogen-bond donors (Lipinski definition) is 1. The molecule has 0 unspecified atom stereocenters. The molecule has 30 heavy (non-hydrogen) atoms. The predicted molar refractivity (Wildman–Crippen MR) is 117 cm³/mol. The molecule has 0 spiro atoms. The SMILES string of the molecule is CCOC(=O)c1sc(NC(=O)Cc2coc3ccc(Br)cc23)c(C(=O)OCC)c1C. The Morgan fingerprint density at radius 2 is 1.83 bits per heavy atom. The van der Waals surface area contributed by atoms with Gasteiger partial charge in [0.15, 0.2) is 0 Å². The van der Waals surface area contributed by atoms with Crippen LogP contribution in [0, 0.1) is 6.92 Å². The minimum absolute atomic E-state index is 0.0391. The molecule has 158 valence electrons. The van der Waals surface area contributed by atoms with Crippen molar-refractivity contribution < 1.29 is 28.3 Å². The smallest absolute Gasteiger partial charge is 0.348 e. The second-order valence-corrected chi connectivity index (χ2v) is 8.26. The maximum Gasteiger partial charge on any atom is 0.348 e. The first-order chi connectivity index (χ1) is 14.3. The van der Waals surface area contributed by atoms with Gasteiger partial charge < -0.3 is 19.2 Å². The lowest BCUT2D eigenvalue weighted by Gasteiger charge is -2.07. The third kappa shape index (κ3) is 4.57. The molecule has 2 aromatic heterocycles. The summed E-state index contributed by atoms with van der Waals surface area (Å²) in [7, 11) is 0. The Hall–Kier alpha value is -2.65. The molecule has 0 fully saturated rings. The van der Waals surface area contributed by atoms with Gasteiger partial charge in [-0.25, -0.2) is 9.59 Å². The Labute approximate surface area is 185 Å². The molecule has 1 amide bonds. The number of esters is 2. The number of carbonyl (C=O) groups is 3. The van der Waals surface area contributed by atoms with Crippen LogP contribution in [0.15, 0.2) is 33.4 Å². The molecule has 7 nitrogen and oxygen atoms in total. The number of amides is 1.